The molecule has 0 saturated carbocycles. The van der Waals surface area contributed by atoms with Crippen LogP contribution in [0.25, 0.3) is 11.6 Å². The Morgan fingerprint density at radius 2 is 1.76 bits per heavy atom. The van der Waals surface area contributed by atoms with Crippen LogP contribution in [0.3, 0.4) is 0 Å². The monoisotopic (exact) mass is 503 g/mol. The number of aryl methyl sites for hydroxylation is 1. The number of aromatic amines is 1. The Morgan fingerprint density at radius 3 is 2.51 bits per heavy atom. The second-order valence-electron chi connectivity index (χ2n) is 8.51. The van der Waals surface area contributed by atoms with E-state index in [1.807, 2.05) is 19.2 Å². The van der Waals surface area contributed by atoms with Crippen molar-refractivity contribution >= 4 is 34.8 Å². The summed E-state index contributed by atoms with van der Waals surface area (Å²) in [6.45, 7) is 1.95. The molecule has 1 aromatic heterocycles. The van der Waals surface area contributed by atoms with Gasteiger partial charge in [0, 0.05) is 40.8 Å². The van der Waals surface area contributed by atoms with Crippen molar-refractivity contribution < 1.29 is 27.5 Å². The van der Waals surface area contributed by atoms with Crippen molar-refractivity contribution in [2.24, 2.45) is 0 Å². The lowest BCUT2D eigenvalue weighted by Gasteiger charge is -2.11. The second kappa shape index (κ2) is 9.34. The lowest BCUT2D eigenvalue weighted by Crippen LogP contribution is -2.13. The Labute approximate surface area is 209 Å². The predicted octanol–water partition coefficient (Wildman–Crippen LogP) is 6.88. The third-order valence-electron chi connectivity index (χ3n) is 5.70. The maximum absolute atomic E-state index is 13.0. The van der Waals surface area contributed by atoms with Gasteiger partial charge in [0.1, 0.15) is 11.5 Å². The topological polar surface area (TPSA) is 83.2 Å². The first kappa shape index (κ1) is 23.9. The molecule has 9 heteroatoms. The Bertz CT molecular complexity index is 1550. The van der Waals surface area contributed by atoms with Crippen molar-refractivity contribution in [1.29, 1.82) is 0 Å². The van der Waals surface area contributed by atoms with E-state index in [-0.39, 0.29) is 11.5 Å². The van der Waals surface area contributed by atoms with Crippen LogP contribution in [0.2, 0.25) is 0 Å². The predicted molar refractivity (Wildman–Crippen MR) is 134 cm³/mol. The number of carbonyl (C=O) groups is 2. The molecule has 1 aliphatic rings. The van der Waals surface area contributed by atoms with Gasteiger partial charge in [-0.1, -0.05) is 12.1 Å². The highest BCUT2D eigenvalue weighted by Gasteiger charge is 2.31. The molecular weight excluding hydrogens is 483 g/mol. The lowest BCUT2D eigenvalue weighted by atomic mass is 10.1. The van der Waals surface area contributed by atoms with Crippen LogP contribution < -0.4 is 15.4 Å². The maximum atomic E-state index is 13.0. The normalized spacial score (nSPS) is 13.8. The number of hydrogen-bond donors (Lipinski definition) is 3. The first-order valence-electron chi connectivity index (χ1n) is 11.2. The largest absolute Gasteiger partial charge is 0.457 e. The van der Waals surface area contributed by atoms with E-state index in [1.165, 1.54) is 12.1 Å². The summed E-state index contributed by atoms with van der Waals surface area (Å²) in [5.41, 5.74) is 3.08. The van der Waals surface area contributed by atoms with Crippen LogP contribution in [-0.4, -0.2) is 16.8 Å². The molecule has 0 saturated heterocycles. The molecule has 0 radical (unpaired) electrons. The summed E-state index contributed by atoms with van der Waals surface area (Å²) in [6.07, 6.45) is -0.907. The number of rotatable bonds is 5. The Kier molecular flexibility index (Phi) is 6.04. The first-order chi connectivity index (χ1) is 17.7. The number of aromatic nitrogens is 1. The molecule has 2 amide bonds. The molecule has 3 aromatic carbocycles. The van der Waals surface area contributed by atoms with Crippen molar-refractivity contribution in [3.63, 3.8) is 0 Å². The van der Waals surface area contributed by atoms with Crippen molar-refractivity contribution in [3.05, 3.63) is 107 Å². The van der Waals surface area contributed by atoms with Gasteiger partial charge in [0.05, 0.1) is 16.8 Å². The van der Waals surface area contributed by atoms with Crippen molar-refractivity contribution in [1.82, 2.24) is 4.98 Å². The summed E-state index contributed by atoms with van der Waals surface area (Å²) in [7, 11) is 0. The third-order valence-corrected chi connectivity index (χ3v) is 5.70. The molecule has 3 N–H and O–H groups in total. The quantitative estimate of drug-likeness (QED) is 0.260. The van der Waals surface area contributed by atoms with Gasteiger partial charge in [0.25, 0.3) is 11.8 Å². The van der Waals surface area contributed by atoms with E-state index in [0.717, 1.165) is 29.0 Å². The summed E-state index contributed by atoms with van der Waals surface area (Å²) in [6, 6.07) is 17.8. The van der Waals surface area contributed by atoms with E-state index < -0.39 is 17.6 Å². The zero-order valence-corrected chi connectivity index (χ0v) is 19.4. The number of carbonyl (C=O) groups excluding carboxylic acids is 2. The molecule has 0 bridgehead atoms. The fourth-order valence-electron chi connectivity index (χ4n) is 3.96. The highest BCUT2D eigenvalue weighted by Crippen LogP contribution is 2.37. The Morgan fingerprint density at radius 1 is 0.973 bits per heavy atom. The zero-order valence-electron chi connectivity index (χ0n) is 19.4. The van der Waals surface area contributed by atoms with E-state index in [2.05, 4.69) is 15.6 Å². The minimum atomic E-state index is -4.54. The number of benzene rings is 3. The molecule has 37 heavy (non-hydrogen) atoms. The fourth-order valence-corrected chi connectivity index (χ4v) is 3.96. The van der Waals surface area contributed by atoms with Crippen LogP contribution in [0.1, 0.15) is 32.7 Å². The average Bonchev–Trinajstić information content (AvgIpc) is 3.40. The number of amides is 2. The summed E-state index contributed by atoms with van der Waals surface area (Å²) in [5.74, 6) is -0.0557. The summed E-state index contributed by atoms with van der Waals surface area (Å²) < 4.78 is 44.8. The number of nitrogens with one attached hydrogen (secondary N) is 3. The summed E-state index contributed by atoms with van der Waals surface area (Å²) in [5, 5.41) is 5.42. The van der Waals surface area contributed by atoms with E-state index in [0.29, 0.717) is 28.4 Å². The van der Waals surface area contributed by atoms with E-state index in [1.54, 1.807) is 48.5 Å². The molecule has 0 fully saturated rings. The fraction of sp³-hybridized carbons (Fsp3) is 0.0714. The SMILES string of the molecule is Cc1c[nH]c(/C=C2\C(=O)Nc3cc(Oc4cccc(NC(=O)c5cccc(C(F)(F)F)c5)c4)ccc32)c1. The Hall–Kier alpha value is -4.79. The van der Waals surface area contributed by atoms with Crippen LogP contribution in [0.4, 0.5) is 24.5 Å². The van der Waals surface area contributed by atoms with Crippen LogP contribution in [0, 0.1) is 6.92 Å². The van der Waals surface area contributed by atoms with Gasteiger partial charge in [-0.05, 0) is 67.1 Å². The second-order valence-corrected chi connectivity index (χ2v) is 8.51. The van der Waals surface area contributed by atoms with Gasteiger partial charge < -0.3 is 20.4 Å². The molecule has 4 aromatic rings. The first-order valence-corrected chi connectivity index (χ1v) is 11.2. The minimum Gasteiger partial charge on any atom is -0.457 e. The standard InChI is InChI=1S/C28H20F3N3O3/c1-16-10-20(32-15-16)13-24-23-9-8-22(14-25(23)34-27(24)36)37-21-7-3-6-19(12-21)33-26(35)17-4-2-5-18(11-17)28(29,30)31/h2-15,32H,1H3,(H,33,35)(H,34,36)/b24-13-. The number of anilines is 2. The molecule has 186 valence electrons. The van der Waals surface area contributed by atoms with E-state index in [9.17, 15) is 22.8 Å². The molecule has 2 heterocycles. The molecule has 0 atom stereocenters. The smallest absolute Gasteiger partial charge is 0.416 e. The lowest BCUT2D eigenvalue weighted by molar-refractivity contribution is -0.137. The van der Waals surface area contributed by atoms with Gasteiger partial charge >= 0.3 is 6.18 Å². The molecule has 0 unspecified atom stereocenters. The van der Waals surface area contributed by atoms with E-state index >= 15 is 0 Å². The summed E-state index contributed by atoms with van der Waals surface area (Å²) in [4.78, 5) is 28.1. The van der Waals surface area contributed by atoms with Gasteiger partial charge in [-0.3, -0.25) is 9.59 Å². The number of fused-ring (bicyclic) bond motifs is 1. The highest BCUT2D eigenvalue weighted by atomic mass is 19.4. The van der Waals surface area contributed by atoms with Gasteiger partial charge in [0.2, 0.25) is 0 Å². The van der Waals surface area contributed by atoms with Gasteiger partial charge in [-0.25, -0.2) is 0 Å². The molecule has 0 aliphatic carbocycles. The molecule has 1 aliphatic heterocycles. The molecular formula is C28H20F3N3O3. The molecule has 5 rings (SSSR count). The zero-order chi connectivity index (χ0) is 26.2. The van der Waals surface area contributed by atoms with Gasteiger partial charge in [0.15, 0.2) is 0 Å². The highest BCUT2D eigenvalue weighted by molar-refractivity contribution is 6.34. The van der Waals surface area contributed by atoms with Crippen LogP contribution in [0.15, 0.2) is 79.0 Å². The van der Waals surface area contributed by atoms with Crippen molar-refractivity contribution in [3.8, 4) is 11.5 Å². The third kappa shape index (κ3) is 5.25. The number of ether oxygens (including phenoxy) is 1. The maximum Gasteiger partial charge on any atom is 0.416 e. The molecule has 0 spiro atoms. The van der Waals surface area contributed by atoms with Crippen LogP contribution in [-0.2, 0) is 11.0 Å². The number of alkyl halides is 3. The van der Waals surface area contributed by atoms with E-state index in [4.69, 9.17) is 4.74 Å². The average molecular weight is 503 g/mol. The molecule has 6 nitrogen and oxygen atoms in total. The Balaban J connectivity index is 1.31. The number of H-pyrrole nitrogens is 1. The van der Waals surface area contributed by atoms with Crippen molar-refractivity contribution in [2.45, 2.75) is 13.1 Å². The number of halogens is 3. The van der Waals surface area contributed by atoms with Crippen molar-refractivity contribution in [2.75, 3.05) is 10.6 Å². The number of hydrogen-bond acceptors (Lipinski definition) is 3. The van der Waals surface area contributed by atoms with Crippen LogP contribution >= 0.6 is 0 Å². The van der Waals surface area contributed by atoms with Gasteiger partial charge in [-0.2, -0.15) is 13.2 Å². The van der Waals surface area contributed by atoms with Gasteiger partial charge in [-0.15, -0.1) is 0 Å². The van der Waals surface area contributed by atoms with Crippen LogP contribution in [0.5, 0.6) is 11.5 Å². The minimum absolute atomic E-state index is 0.117. The summed E-state index contributed by atoms with van der Waals surface area (Å²) >= 11 is 0.